The molecule has 0 saturated heterocycles. The summed E-state index contributed by atoms with van der Waals surface area (Å²) < 4.78 is 2.54. The Hall–Kier alpha value is -5.62. The lowest BCUT2D eigenvalue weighted by Crippen LogP contribution is -2.39. The van der Waals surface area contributed by atoms with Crippen LogP contribution in [-0.2, 0) is 5.41 Å². The van der Waals surface area contributed by atoms with Crippen LogP contribution < -0.4 is 0 Å². The fourth-order valence-electron chi connectivity index (χ4n) is 7.95. The number of rotatable bonds is 5. The Morgan fingerprint density at radius 2 is 1.16 bits per heavy atom. The van der Waals surface area contributed by atoms with Crippen molar-refractivity contribution < 1.29 is 0 Å². The lowest BCUT2D eigenvalue weighted by atomic mass is 9.60. The molecule has 2 unspecified atom stereocenters. The van der Waals surface area contributed by atoms with Crippen LogP contribution in [0, 0.1) is 5.92 Å². The van der Waals surface area contributed by atoms with Gasteiger partial charge in [0.25, 0.3) is 0 Å². The van der Waals surface area contributed by atoms with Crippen molar-refractivity contribution in [3.8, 4) is 34.2 Å². The second-order valence-electron chi connectivity index (χ2n) is 13.1. The normalized spacial score (nSPS) is 17.8. The lowest BCUT2D eigenvalue weighted by Gasteiger charge is -2.46. The standard InChI is InChI=1S/C46H31N3S2/c1-4-14-30(15-5-1)43-47-44(31-24-26-40-36(28-31)35-20-10-12-22-39(35)50-40)49-45(48-43)32-25-27-42-38(29-32)46(33-16-6-2-7-17-33,34-18-8-3-9-19-34)37-21-11-13-23-41(37)51-42/h1-18,20-29,34H,19H2. The van der Waals surface area contributed by atoms with Gasteiger partial charge in [0, 0.05) is 46.7 Å². The minimum Gasteiger partial charge on any atom is -0.208 e. The first-order chi connectivity index (χ1) is 25.3. The topological polar surface area (TPSA) is 38.7 Å². The van der Waals surface area contributed by atoms with Crippen LogP contribution in [0.25, 0.3) is 54.3 Å². The van der Waals surface area contributed by atoms with Gasteiger partial charge in [0.2, 0.25) is 0 Å². The smallest absolute Gasteiger partial charge is 0.164 e. The SMILES string of the molecule is C1=CCC(C2(c3ccccc3)c3ccccc3Sc3ccc(-c4nc(-c5ccccc5)nc(-c5ccc6sc7ccccc7c6c5)n4)cc32)C=C1. The van der Waals surface area contributed by atoms with Gasteiger partial charge in [-0.25, -0.2) is 15.0 Å². The second kappa shape index (κ2) is 12.3. The summed E-state index contributed by atoms with van der Waals surface area (Å²) >= 11 is 3.68. The van der Waals surface area contributed by atoms with Crippen molar-refractivity contribution in [2.75, 3.05) is 0 Å². The number of hydrogen-bond acceptors (Lipinski definition) is 5. The molecule has 2 aliphatic rings. The first-order valence-corrected chi connectivity index (χ1v) is 18.9. The Bertz CT molecular complexity index is 2660. The third-order valence-corrected chi connectivity index (χ3v) is 12.6. The molecule has 2 aromatic heterocycles. The summed E-state index contributed by atoms with van der Waals surface area (Å²) in [6.45, 7) is 0. The third-order valence-electron chi connectivity index (χ3n) is 10.3. The molecule has 3 nitrogen and oxygen atoms in total. The van der Waals surface area contributed by atoms with Gasteiger partial charge in [0.15, 0.2) is 17.5 Å². The number of benzene rings is 6. The molecule has 2 atom stereocenters. The molecule has 1 aliphatic heterocycles. The second-order valence-corrected chi connectivity index (χ2v) is 15.3. The number of aromatic nitrogens is 3. The molecule has 0 radical (unpaired) electrons. The van der Waals surface area contributed by atoms with E-state index in [9.17, 15) is 0 Å². The minimum absolute atomic E-state index is 0.224. The zero-order valence-corrected chi connectivity index (χ0v) is 29.2. The van der Waals surface area contributed by atoms with E-state index in [4.69, 9.17) is 15.0 Å². The van der Waals surface area contributed by atoms with E-state index in [0.29, 0.717) is 17.5 Å². The number of thiophene rings is 1. The predicted octanol–water partition coefficient (Wildman–Crippen LogP) is 12.2. The number of nitrogens with zero attached hydrogens (tertiary/aromatic N) is 3. The van der Waals surface area contributed by atoms with Gasteiger partial charge in [-0.2, -0.15) is 0 Å². The summed E-state index contributed by atoms with van der Waals surface area (Å²) in [6.07, 6.45) is 10.0. The van der Waals surface area contributed by atoms with Crippen molar-refractivity contribution in [3.63, 3.8) is 0 Å². The molecule has 5 heteroatoms. The Morgan fingerprint density at radius 1 is 0.510 bits per heavy atom. The summed E-state index contributed by atoms with van der Waals surface area (Å²) in [6, 6.07) is 52.3. The average Bonchev–Trinajstić information content (AvgIpc) is 3.59. The highest BCUT2D eigenvalue weighted by atomic mass is 32.2. The molecule has 8 aromatic rings. The molecule has 0 amide bonds. The van der Waals surface area contributed by atoms with Crippen molar-refractivity contribution in [1.82, 2.24) is 15.0 Å². The van der Waals surface area contributed by atoms with Gasteiger partial charge in [-0.05, 0) is 71.5 Å². The van der Waals surface area contributed by atoms with Crippen molar-refractivity contribution in [2.24, 2.45) is 5.92 Å². The van der Waals surface area contributed by atoms with Gasteiger partial charge in [0.1, 0.15) is 0 Å². The molecule has 51 heavy (non-hydrogen) atoms. The van der Waals surface area contributed by atoms with Crippen molar-refractivity contribution in [3.05, 3.63) is 187 Å². The summed E-state index contributed by atoms with van der Waals surface area (Å²) in [5, 5.41) is 2.48. The minimum atomic E-state index is -0.404. The number of hydrogen-bond donors (Lipinski definition) is 0. The molecule has 6 aromatic carbocycles. The first-order valence-electron chi connectivity index (χ1n) is 17.3. The summed E-state index contributed by atoms with van der Waals surface area (Å²) in [5.41, 5.74) is 6.43. The van der Waals surface area contributed by atoms with Crippen molar-refractivity contribution in [2.45, 2.75) is 21.6 Å². The van der Waals surface area contributed by atoms with Gasteiger partial charge < -0.3 is 0 Å². The highest BCUT2D eigenvalue weighted by Crippen LogP contribution is 2.57. The number of allylic oxidation sites excluding steroid dienone is 4. The summed E-state index contributed by atoms with van der Waals surface area (Å²) in [7, 11) is 0. The highest BCUT2D eigenvalue weighted by molar-refractivity contribution is 7.99. The van der Waals surface area contributed by atoms with Crippen molar-refractivity contribution >= 4 is 43.3 Å². The molecule has 0 fully saturated rings. The molecular formula is C46H31N3S2. The van der Waals surface area contributed by atoms with Crippen LogP contribution >= 0.6 is 23.1 Å². The maximum absolute atomic E-state index is 5.25. The Kier molecular flexibility index (Phi) is 7.29. The van der Waals surface area contributed by atoms with Crippen LogP contribution in [0.15, 0.2) is 180 Å². The van der Waals surface area contributed by atoms with Crippen LogP contribution in [-0.4, -0.2) is 15.0 Å². The van der Waals surface area contributed by atoms with Crippen LogP contribution in [0.5, 0.6) is 0 Å². The molecule has 0 bridgehead atoms. The molecule has 0 saturated carbocycles. The Labute approximate surface area is 305 Å². The van der Waals surface area contributed by atoms with Crippen LogP contribution in [0.1, 0.15) is 23.1 Å². The Morgan fingerprint density at radius 3 is 1.96 bits per heavy atom. The molecule has 0 spiro atoms. The zero-order valence-electron chi connectivity index (χ0n) is 27.6. The van der Waals surface area contributed by atoms with E-state index in [1.54, 1.807) is 0 Å². The van der Waals surface area contributed by atoms with Gasteiger partial charge >= 0.3 is 0 Å². The fourth-order valence-corrected chi connectivity index (χ4v) is 10.2. The molecular weight excluding hydrogens is 659 g/mol. The van der Waals surface area contributed by atoms with Crippen LogP contribution in [0.2, 0.25) is 0 Å². The van der Waals surface area contributed by atoms with Crippen LogP contribution in [0.4, 0.5) is 0 Å². The summed E-state index contributed by atoms with van der Waals surface area (Å²) in [4.78, 5) is 18.1. The van der Waals surface area contributed by atoms with E-state index in [-0.39, 0.29) is 5.92 Å². The van der Waals surface area contributed by atoms with Gasteiger partial charge in [-0.15, -0.1) is 11.3 Å². The molecule has 0 N–H and O–H groups in total. The van der Waals surface area contributed by atoms with E-state index >= 15 is 0 Å². The maximum Gasteiger partial charge on any atom is 0.164 e. The van der Waals surface area contributed by atoms with E-state index < -0.39 is 5.41 Å². The number of fused-ring (bicyclic) bond motifs is 5. The molecule has 1 aliphatic carbocycles. The first kappa shape index (κ1) is 30.2. The maximum atomic E-state index is 5.25. The average molecular weight is 690 g/mol. The Balaban J connectivity index is 1.20. The van der Waals surface area contributed by atoms with E-state index in [1.165, 1.54) is 46.7 Å². The quantitative estimate of drug-likeness (QED) is 0.180. The molecule has 10 rings (SSSR count). The lowest BCUT2D eigenvalue weighted by molar-refractivity contribution is 0.432. The van der Waals surface area contributed by atoms with E-state index in [0.717, 1.165) is 23.1 Å². The largest absolute Gasteiger partial charge is 0.208 e. The monoisotopic (exact) mass is 689 g/mol. The highest BCUT2D eigenvalue weighted by Gasteiger charge is 2.47. The molecule has 242 valence electrons. The fraction of sp³-hybridized carbons (Fsp3) is 0.0652. The summed E-state index contributed by atoms with van der Waals surface area (Å²) in [5.74, 6) is 2.23. The van der Waals surface area contributed by atoms with Crippen LogP contribution in [0.3, 0.4) is 0 Å². The van der Waals surface area contributed by atoms with Gasteiger partial charge in [-0.3, -0.25) is 0 Å². The molecule has 3 heterocycles. The predicted molar refractivity (Wildman–Crippen MR) is 212 cm³/mol. The van der Waals surface area contributed by atoms with E-state index in [1.807, 2.05) is 41.3 Å². The third kappa shape index (κ3) is 4.99. The van der Waals surface area contributed by atoms with Gasteiger partial charge in [0.05, 0.1) is 5.41 Å². The van der Waals surface area contributed by atoms with Crippen molar-refractivity contribution in [1.29, 1.82) is 0 Å². The zero-order chi connectivity index (χ0) is 33.8. The van der Waals surface area contributed by atoms with E-state index in [2.05, 4.69) is 152 Å². The van der Waals surface area contributed by atoms with Gasteiger partial charge in [-0.1, -0.05) is 139 Å².